The van der Waals surface area contributed by atoms with Crippen molar-refractivity contribution >= 4 is 17.6 Å². The number of carbonyl (C=O) groups is 2. The summed E-state index contributed by atoms with van der Waals surface area (Å²) in [6.07, 6.45) is 3.41. The number of benzene rings is 2. The highest BCUT2D eigenvalue weighted by Gasteiger charge is 2.49. The van der Waals surface area contributed by atoms with E-state index in [9.17, 15) is 9.59 Å². The molecule has 6 nitrogen and oxygen atoms in total. The molecule has 0 aliphatic carbocycles. The fourth-order valence-electron chi connectivity index (χ4n) is 3.60. The maximum absolute atomic E-state index is 13.3. The predicted octanol–water partition coefficient (Wildman–Crippen LogP) is 2.54. The average molecular weight is 384 g/mol. The van der Waals surface area contributed by atoms with Gasteiger partial charge >= 0.3 is 0 Å². The van der Waals surface area contributed by atoms with Crippen molar-refractivity contribution in [1.82, 2.24) is 9.88 Å². The Balaban J connectivity index is 1.77. The van der Waals surface area contributed by atoms with Crippen molar-refractivity contribution in [1.29, 1.82) is 0 Å². The number of likely N-dealkylation sites (N-methyl/N-ethyl adjacent to an activating group) is 1. The Morgan fingerprint density at radius 1 is 1.00 bits per heavy atom. The first-order chi connectivity index (χ1) is 14.0. The molecule has 1 amide bonds. The number of carbonyl (C=O) groups excluding carboxylic acids is 2. The number of hydrogen-bond donors (Lipinski definition) is 1. The number of nitrogens with zero attached hydrogens (tertiary/aromatic N) is 3. The first kappa shape index (κ1) is 18.6. The lowest BCUT2D eigenvalue weighted by molar-refractivity contribution is -0.129. The molecule has 1 aliphatic heterocycles. The molecule has 2 heterocycles. The number of rotatable bonds is 5. The fourth-order valence-corrected chi connectivity index (χ4v) is 3.60. The smallest absolute Gasteiger partial charge is 0.266 e. The third-order valence-electron chi connectivity index (χ3n) is 5.14. The molecule has 6 heteroatoms. The maximum atomic E-state index is 13.3. The standard InChI is InChI=1S/C23H20N4O2/c1-27-21(29)23(26-22(27)24,18-7-3-2-4-8-18)19-9-5-6-16(14-19)15-20(28)17-10-12-25-13-11-17/h2-14H,15H2,1H3,(H2,24,26). The topological polar surface area (TPSA) is 88.7 Å². The summed E-state index contributed by atoms with van der Waals surface area (Å²) in [4.78, 5) is 35.8. The van der Waals surface area contributed by atoms with Crippen molar-refractivity contribution in [2.24, 2.45) is 10.7 Å². The number of nitrogens with two attached hydrogens (primary N) is 1. The summed E-state index contributed by atoms with van der Waals surface area (Å²) in [6, 6.07) is 20.2. The number of guanidine groups is 1. The zero-order chi connectivity index (χ0) is 20.4. The second-order valence-corrected chi connectivity index (χ2v) is 6.95. The molecule has 1 atom stereocenters. The lowest BCUT2D eigenvalue weighted by Crippen LogP contribution is -2.41. The van der Waals surface area contributed by atoms with Crippen LogP contribution in [0.15, 0.2) is 84.1 Å². The van der Waals surface area contributed by atoms with Gasteiger partial charge in [-0.1, -0.05) is 54.6 Å². The summed E-state index contributed by atoms with van der Waals surface area (Å²) < 4.78 is 0. The van der Waals surface area contributed by atoms with Crippen LogP contribution in [0.2, 0.25) is 0 Å². The minimum Gasteiger partial charge on any atom is -0.369 e. The van der Waals surface area contributed by atoms with Crippen LogP contribution < -0.4 is 5.73 Å². The SMILES string of the molecule is CN1C(=O)C(c2ccccc2)(c2cccc(CC(=O)c3ccncc3)c2)N=C1N. The normalized spacial score (nSPS) is 18.6. The number of hydrogen-bond acceptors (Lipinski definition) is 5. The Hall–Kier alpha value is -3.80. The second-order valence-electron chi connectivity index (χ2n) is 6.95. The molecule has 0 saturated carbocycles. The molecule has 1 unspecified atom stereocenters. The summed E-state index contributed by atoms with van der Waals surface area (Å²) in [5.41, 5.74) is 7.57. The second kappa shape index (κ2) is 7.31. The van der Waals surface area contributed by atoms with E-state index in [1.165, 1.54) is 4.90 Å². The molecule has 2 aromatic carbocycles. The average Bonchev–Trinajstić information content (AvgIpc) is 3.00. The molecule has 0 radical (unpaired) electrons. The molecule has 1 aromatic heterocycles. The number of aliphatic imine (C=N–C) groups is 1. The molecule has 1 aliphatic rings. The quantitative estimate of drug-likeness (QED) is 0.685. The van der Waals surface area contributed by atoms with Gasteiger partial charge in [0, 0.05) is 31.4 Å². The lowest BCUT2D eigenvalue weighted by atomic mass is 9.82. The van der Waals surface area contributed by atoms with Gasteiger partial charge in [-0.15, -0.1) is 0 Å². The highest BCUT2D eigenvalue weighted by atomic mass is 16.2. The highest BCUT2D eigenvalue weighted by Crippen LogP contribution is 2.39. The molecule has 0 bridgehead atoms. The summed E-state index contributed by atoms with van der Waals surface area (Å²) in [6.45, 7) is 0. The number of aromatic nitrogens is 1. The van der Waals surface area contributed by atoms with Crippen molar-refractivity contribution in [3.63, 3.8) is 0 Å². The maximum Gasteiger partial charge on any atom is 0.266 e. The molecule has 0 fully saturated rings. The zero-order valence-electron chi connectivity index (χ0n) is 15.9. The molecule has 4 rings (SSSR count). The largest absolute Gasteiger partial charge is 0.369 e. The number of ketones is 1. The van der Waals surface area contributed by atoms with Gasteiger partial charge < -0.3 is 5.73 Å². The van der Waals surface area contributed by atoms with Crippen LogP contribution in [0.3, 0.4) is 0 Å². The molecule has 0 spiro atoms. The molecule has 29 heavy (non-hydrogen) atoms. The summed E-state index contributed by atoms with van der Waals surface area (Å²) >= 11 is 0. The van der Waals surface area contributed by atoms with Gasteiger partial charge in [0.15, 0.2) is 17.3 Å². The molecule has 0 saturated heterocycles. The van der Waals surface area contributed by atoms with Crippen LogP contribution in [0, 0.1) is 0 Å². The van der Waals surface area contributed by atoms with E-state index < -0.39 is 5.54 Å². The molecule has 144 valence electrons. The summed E-state index contributed by atoms with van der Waals surface area (Å²) in [5, 5.41) is 0. The van der Waals surface area contributed by atoms with E-state index in [0.29, 0.717) is 11.1 Å². The van der Waals surface area contributed by atoms with Gasteiger partial charge in [-0.3, -0.25) is 19.5 Å². The third-order valence-corrected chi connectivity index (χ3v) is 5.14. The van der Waals surface area contributed by atoms with Gasteiger partial charge in [-0.05, 0) is 28.8 Å². The minimum atomic E-state index is -1.25. The van der Waals surface area contributed by atoms with Crippen LogP contribution in [0.1, 0.15) is 27.0 Å². The Kier molecular flexibility index (Phi) is 4.68. The number of pyridine rings is 1. The van der Waals surface area contributed by atoms with Gasteiger partial charge in [0.25, 0.3) is 5.91 Å². The third kappa shape index (κ3) is 3.18. The van der Waals surface area contributed by atoms with Crippen LogP contribution >= 0.6 is 0 Å². The monoisotopic (exact) mass is 384 g/mol. The molecule has 3 aromatic rings. The van der Waals surface area contributed by atoms with E-state index in [2.05, 4.69) is 9.98 Å². The van der Waals surface area contributed by atoms with Crippen LogP contribution in [0.5, 0.6) is 0 Å². The lowest BCUT2D eigenvalue weighted by Gasteiger charge is -2.26. The molecule has 2 N–H and O–H groups in total. The van der Waals surface area contributed by atoms with E-state index in [1.54, 1.807) is 31.6 Å². The Morgan fingerprint density at radius 3 is 2.34 bits per heavy atom. The van der Waals surface area contributed by atoms with Crippen molar-refractivity contribution in [3.05, 3.63) is 101 Å². The summed E-state index contributed by atoms with van der Waals surface area (Å²) in [5.74, 6) is -0.0767. The van der Waals surface area contributed by atoms with Crippen LogP contribution in [0.25, 0.3) is 0 Å². The van der Waals surface area contributed by atoms with Crippen LogP contribution in [-0.2, 0) is 16.8 Å². The van der Waals surface area contributed by atoms with E-state index >= 15 is 0 Å². The van der Waals surface area contributed by atoms with Crippen LogP contribution in [0.4, 0.5) is 0 Å². The van der Waals surface area contributed by atoms with Gasteiger partial charge in [-0.2, -0.15) is 0 Å². The molecular weight excluding hydrogens is 364 g/mol. The van der Waals surface area contributed by atoms with Gasteiger partial charge in [0.05, 0.1) is 0 Å². The van der Waals surface area contributed by atoms with Crippen molar-refractivity contribution in [2.45, 2.75) is 12.0 Å². The van der Waals surface area contributed by atoms with Gasteiger partial charge in [0.1, 0.15) is 0 Å². The fraction of sp³-hybridized carbons (Fsp3) is 0.130. The van der Waals surface area contributed by atoms with E-state index in [4.69, 9.17) is 5.73 Å². The number of Topliss-reactive ketones (excluding diaryl/α,β-unsaturated/α-hetero) is 1. The van der Waals surface area contributed by atoms with E-state index in [1.807, 2.05) is 54.6 Å². The predicted molar refractivity (Wildman–Crippen MR) is 110 cm³/mol. The van der Waals surface area contributed by atoms with Crippen molar-refractivity contribution in [2.75, 3.05) is 7.05 Å². The Labute approximate surface area is 168 Å². The Bertz CT molecular complexity index is 1100. The summed E-state index contributed by atoms with van der Waals surface area (Å²) in [7, 11) is 1.61. The van der Waals surface area contributed by atoms with Gasteiger partial charge in [0.2, 0.25) is 0 Å². The first-order valence-corrected chi connectivity index (χ1v) is 9.24. The number of amides is 1. The van der Waals surface area contributed by atoms with E-state index in [0.717, 1.165) is 11.1 Å². The molecular formula is C23H20N4O2. The van der Waals surface area contributed by atoms with Crippen LogP contribution in [-0.4, -0.2) is 34.6 Å². The van der Waals surface area contributed by atoms with E-state index in [-0.39, 0.29) is 24.1 Å². The van der Waals surface area contributed by atoms with Gasteiger partial charge in [-0.25, -0.2) is 4.99 Å². The first-order valence-electron chi connectivity index (χ1n) is 9.24. The van der Waals surface area contributed by atoms with Crippen molar-refractivity contribution in [3.8, 4) is 0 Å². The zero-order valence-corrected chi connectivity index (χ0v) is 15.9. The Morgan fingerprint density at radius 2 is 1.69 bits per heavy atom. The van der Waals surface area contributed by atoms with Crippen molar-refractivity contribution < 1.29 is 9.59 Å². The highest BCUT2D eigenvalue weighted by molar-refractivity contribution is 6.09. The minimum absolute atomic E-state index is 0.0174.